The summed E-state index contributed by atoms with van der Waals surface area (Å²) < 4.78 is 53.2. The molecule has 1 aliphatic rings. The molecule has 1 atom stereocenters. The molecule has 1 aromatic heterocycles. The van der Waals surface area contributed by atoms with Crippen molar-refractivity contribution in [2.45, 2.75) is 32.0 Å². The van der Waals surface area contributed by atoms with Crippen LogP contribution in [0.15, 0.2) is 48.8 Å². The van der Waals surface area contributed by atoms with Crippen LogP contribution in [0.1, 0.15) is 40.4 Å². The number of carbonyl (C=O) groups excluding carboxylic acids is 1. The van der Waals surface area contributed by atoms with Gasteiger partial charge in [-0.2, -0.15) is 8.78 Å². The van der Waals surface area contributed by atoms with Gasteiger partial charge in [-0.05, 0) is 54.7 Å². The van der Waals surface area contributed by atoms with Crippen molar-refractivity contribution < 1.29 is 42.2 Å². The van der Waals surface area contributed by atoms with Crippen molar-refractivity contribution in [2.75, 3.05) is 39.3 Å². The number of hydrogen-bond acceptors (Lipinski definition) is 7. The number of carbonyl (C=O) groups is 1. The first-order valence-electron chi connectivity index (χ1n) is 13.0. The van der Waals surface area contributed by atoms with Gasteiger partial charge in [0.1, 0.15) is 21.9 Å². The van der Waals surface area contributed by atoms with Crippen molar-refractivity contribution in [3.8, 4) is 17.2 Å². The maximum absolute atomic E-state index is 13.4. The summed E-state index contributed by atoms with van der Waals surface area (Å²) in [4.78, 5) is 16.3. The molecule has 0 unspecified atom stereocenters. The highest BCUT2D eigenvalue weighted by Crippen LogP contribution is 2.38. The van der Waals surface area contributed by atoms with Gasteiger partial charge in [-0.25, -0.2) is 9.78 Å². The van der Waals surface area contributed by atoms with Crippen LogP contribution in [0.5, 0.6) is 17.2 Å². The number of benzene rings is 2. The van der Waals surface area contributed by atoms with Gasteiger partial charge in [0.25, 0.3) is 0 Å². The Morgan fingerprint density at radius 1 is 1.05 bits per heavy atom. The van der Waals surface area contributed by atoms with Gasteiger partial charge in [0.15, 0.2) is 23.9 Å². The van der Waals surface area contributed by atoms with Crippen LogP contribution in [0.2, 0.25) is 10.0 Å². The van der Waals surface area contributed by atoms with Gasteiger partial charge in [0, 0.05) is 25.6 Å². The van der Waals surface area contributed by atoms with Crippen LogP contribution in [0, 0.1) is 5.92 Å². The van der Waals surface area contributed by atoms with E-state index in [0.717, 1.165) is 12.8 Å². The number of ether oxygens (including phenoxy) is 5. The minimum atomic E-state index is -3.03. The predicted molar refractivity (Wildman–Crippen MR) is 150 cm³/mol. The smallest absolute Gasteiger partial charge is 0.387 e. The Labute approximate surface area is 246 Å². The van der Waals surface area contributed by atoms with Gasteiger partial charge >= 0.3 is 12.6 Å². The van der Waals surface area contributed by atoms with Gasteiger partial charge in [-0.1, -0.05) is 29.3 Å². The number of alkyl halides is 2. The van der Waals surface area contributed by atoms with Crippen LogP contribution in [-0.2, 0) is 15.9 Å². The molecule has 4 rings (SSSR count). The van der Waals surface area contributed by atoms with Crippen LogP contribution in [0.25, 0.3) is 0 Å². The monoisotopic (exact) mass is 611 g/mol. The molecule has 0 bridgehead atoms. The minimum absolute atomic E-state index is 0.101. The molecule has 220 valence electrons. The Hall–Kier alpha value is -3.34. The van der Waals surface area contributed by atoms with Crippen LogP contribution >= 0.6 is 23.2 Å². The molecule has 0 radical (unpaired) electrons. The maximum atomic E-state index is 13.4. The zero-order valence-corrected chi connectivity index (χ0v) is 24.1. The lowest BCUT2D eigenvalue weighted by molar-refractivity contribution is -0.377. The average molecular weight is 612 g/mol. The van der Waals surface area contributed by atoms with E-state index in [9.17, 15) is 13.6 Å². The summed E-state index contributed by atoms with van der Waals surface area (Å²) >= 11 is 12.8. The summed E-state index contributed by atoms with van der Waals surface area (Å²) in [7, 11) is 3.12. The number of hydrogen-bond donors (Lipinski definition) is 1. The lowest BCUT2D eigenvalue weighted by atomic mass is 10.0. The molecular weight excluding hydrogens is 581 g/mol. The van der Waals surface area contributed by atoms with Crippen molar-refractivity contribution >= 4 is 34.9 Å². The summed E-state index contributed by atoms with van der Waals surface area (Å²) in [5.74, 6) is 0.299. The lowest BCUT2D eigenvalue weighted by Crippen LogP contribution is -2.16. The molecule has 3 aromatic rings. The van der Waals surface area contributed by atoms with Crippen molar-refractivity contribution in [1.82, 2.24) is 0 Å². The van der Waals surface area contributed by atoms with E-state index >= 15 is 0 Å². The first kappa shape index (κ1) is 30.6. The molecule has 1 heterocycles. The predicted octanol–water partition coefficient (Wildman–Crippen LogP) is 6.41. The maximum Gasteiger partial charge on any atom is 0.387 e. The number of H-pyrrole nitrogens is 1. The summed E-state index contributed by atoms with van der Waals surface area (Å²) in [6, 6.07) is 9.32. The van der Waals surface area contributed by atoms with Crippen LogP contribution < -0.4 is 24.5 Å². The zero-order valence-electron chi connectivity index (χ0n) is 22.6. The molecule has 0 aliphatic heterocycles. The number of esters is 1. The molecule has 0 saturated heterocycles. The van der Waals surface area contributed by atoms with E-state index in [1.807, 2.05) is 0 Å². The number of pyridine rings is 1. The Bertz CT molecular complexity index is 1320. The normalized spacial score (nSPS) is 13.5. The van der Waals surface area contributed by atoms with E-state index in [2.05, 4.69) is 15.0 Å². The fourth-order valence-electron chi connectivity index (χ4n) is 4.07. The molecule has 2 N–H and O–H groups in total. The van der Waals surface area contributed by atoms with Crippen LogP contribution in [0.4, 0.5) is 14.5 Å². The SMILES string of the molecule is COCCNc1cc(C(=O)O[C@@H](Cc2c(Cl)c[nH+]cc2Cl)c2ccc(OC(F)F)c(OCC3CC3)c2)ccc1OC. The number of halogens is 4. The molecule has 0 amide bonds. The highest BCUT2D eigenvalue weighted by molar-refractivity contribution is 6.35. The van der Waals surface area contributed by atoms with Gasteiger partial charge in [-0.3, -0.25) is 0 Å². The van der Waals surface area contributed by atoms with E-state index in [4.69, 9.17) is 42.1 Å². The third-order valence-corrected chi connectivity index (χ3v) is 7.09. The molecular formula is C29H31Cl2F2N2O6+. The van der Waals surface area contributed by atoms with E-state index < -0.39 is 18.7 Å². The first-order chi connectivity index (χ1) is 19.8. The van der Waals surface area contributed by atoms with Crippen molar-refractivity contribution in [3.63, 3.8) is 0 Å². The van der Waals surface area contributed by atoms with Crippen molar-refractivity contribution in [2.24, 2.45) is 5.92 Å². The number of aromatic nitrogens is 1. The Morgan fingerprint density at radius 2 is 1.78 bits per heavy atom. The second-order valence-corrected chi connectivity index (χ2v) is 10.2. The lowest BCUT2D eigenvalue weighted by Gasteiger charge is -2.21. The van der Waals surface area contributed by atoms with Gasteiger partial charge < -0.3 is 29.0 Å². The van der Waals surface area contributed by atoms with Crippen LogP contribution in [-0.4, -0.2) is 46.6 Å². The van der Waals surface area contributed by atoms with Gasteiger partial charge in [0.2, 0.25) is 0 Å². The largest absolute Gasteiger partial charge is 0.495 e. The molecule has 0 spiro atoms. The molecule has 2 aromatic carbocycles. The summed E-state index contributed by atoms with van der Waals surface area (Å²) in [6.45, 7) is -1.72. The highest BCUT2D eigenvalue weighted by atomic mass is 35.5. The number of aromatic amines is 1. The molecule has 1 fully saturated rings. The third kappa shape index (κ3) is 8.58. The topological polar surface area (TPSA) is 89.4 Å². The molecule has 1 saturated carbocycles. The molecule has 8 nitrogen and oxygen atoms in total. The highest BCUT2D eigenvalue weighted by Gasteiger charge is 2.27. The quantitative estimate of drug-likeness (QED) is 0.157. The molecule has 41 heavy (non-hydrogen) atoms. The number of methoxy groups -OCH3 is 2. The fraction of sp³-hybridized carbons (Fsp3) is 0.379. The number of anilines is 1. The van der Waals surface area contributed by atoms with Crippen molar-refractivity contribution in [1.29, 1.82) is 0 Å². The Balaban J connectivity index is 1.66. The van der Waals surface area contributed by atoms with E-state index in [0.29, 0.717) is 58.3 Å². The number of nitrogens with one attached hydrogen (secondary N) is 2. The van der Waals surface area contributed by atoms with E-state index in [-0.39, 0.29) is 23.5 Å². The van der Waals surface area contributed by atoms with Gasteiger partial charge in [-0.15, -0.1) is 0 Å². The van der Waals surface area contributed by atoms with E-state index in [1.165, 1.54) is 13.2 Å². The second kappa shape index (κ2) is 14.5. The summed E-state index contributed by atoms with van der Waals surface area (Å²) in [6.07, 6.45) is 4.34. The standard InChI is InChI=1S/C29H30Cl2F2N2O6/c1-37-10-9-35-23-11-19(6-7-24(23)38-2)28(36)40-26(13-20-21(30)14-34-15-22(20)31)18-5-8-25(41-29(32)33)27(12-18)39-16-17-3-4-17/h5-8,11-12,14-15,17,26,29,35H,3-4,9-10,13,16H2,1-2H3/p+1/t26-/m0/s1. The van der Waals surface area contributed by atoms with Gasteiger partial charge in [0.05, 0.1) is 31.6 Å². The summed E-state index contributed by atoms with van der Waals surface area (Å²) in [5, 5.41) is 3.86. The van der Waals surface area contributed by atoms with Crippen molar-refractivity contribution in [3.05, 3.63) is 75.5 Å². The first-order valence-corrected chi connectivity index (χ1v) is 13.7. The average Bonchev–Trinajstić information content (AvgIpc) is 3.78. The fourth-order valence-corrected chi connectivity index (χ4v) is 4.60. The second-order valence-electron chi connectivity index (χ2n) is 9.40. The molecule has 1 aliphatic carbocycles. The minimum Gasteiger partial charge on any atom is -0.495 e. The third-order valence-electron chi connectivity index (χ3n) is 6.42. The number of rotatable bonds is 15. The Kier molecular flexibility index (Phi) is 10.8. The Morgan fingerprint density at radius 3 is 2.44 bits per heavy atom. The summed E-state index contributed by atoms with van der Waals surface area (Å²) in [5.41, 5.74) is 1.87. The van der Waals surface area contributed by atoms with E-state index in [1.54, 1.807) is 49.8 Å². The zero-order chi connectivity index (χ0) is 29.4. The van der Waals surface area contributed by atoms with Crippen LogP contribution in [0.3, 0.4) is 0 Å². The molecule has 12 heteroatoms.